The van der Waals surface area contributed by atoms with Gasteiger partial charge in [0.25, 0.3) is 0 Å². The van der Waals surface area contributed by atoms with Gasteiger partial charge < -0.3 is 13.6 Å². The summed E-state index contributed by atoms with van der Waals surface area (Å²) in [6.07, 6.45) is 0. The summed E-state index contributed by atoms with van der Waals surface area (Å²) in [7, 11) is 0. The van der Waals surface area contributed by atoms with E-state index in [0.717, 1.165) is 38.9 Å². The topological polar surface area (TPSA) is 23.0 Å². The highest BCUT2D eigenvalue weighted by Crippen LogP contribution is 2.47. The van der Waals surface area contributed by atoms with Crippen molar-refractivity contribution in [2.75, 3.05) is 0 Å². The molecule has 0 aliphatic carbocycles. The van der Waals surface area contributed by atoms with Gasteiger partial charge >= 0.3 is 0 Å². The van der Waals surface area contributed by atoms with Crippen LogP contribution in [-0.2, 0) is 0 Å². The highest BCUT2D eigenvalue weighted by molar-refractivity contribution is 7.26. The Balaban J connectivity index is 1.11. The molecule has 0 fully saturated rings. The zero-order chi connectivity index (χ0) is 37.9. The van der Waals surface area contributed by atoms with Crippen molar-refractivity contribution in [3.05, 3.63) is 194 Å². The predicted molar refractivity (Wildman–Crippen MR) is 246 cm³/mol. The van der Waals surface area contributed by atoms with Gasteiger partial charge in [0.2, 0.25) is 0 Å². The van der Waals surface area contributed by atoms with Crippen molar-refractivity contribution in [1.29, 1.82) is 0 Å². The minimum Gasteiger partial charge on any atom is -0.455 e. The first kappa shape index (κ1) is 31.8. The number of para-hydroxylation sites is 5. The lowest BCUT2D eigenvalue weighted by Gasteiger charge is -2.13. The predicted octanol–water partition coefficient (Wildman–Crippen LogP) is 15.5. The fourth-order valence-corrected chi connectivity index (χ4v) is 10.8. The Kier molecular flexibility index (Phi) is 6.60. The van der Waals surface area contributed by atoms with Gasteiger partial charge in [0.1, 0.15) is 11.2 Å². The number of furan rings is 1. The van der Waals surface area contributed by atoms with Gasteiger partial charge in [-0.1, -0.05) is 133 Å². The molecule has 9 aromatic carbocycles. The Hall–Kier alpha value is -7.40. The molecule has 0 bridgehead atoms. The fraction of sp³-hybridized carbons (Fsp3) is 0. The second-order valence-electron chi connectivity index (χ2n) is 15.2. The first-order chi connectivity index (χ1) is 28.8. The first-order valence-corrected chi connectivity index (χ1v) is 20.6. The number of aromatic nitrogens is 2. The number of hydrogen-bond donors (Lipinski definition) is 0. The van der Waals surface area contributed by atoms with Crippen LogP contribution in [0.1, 0.15) is 0 Å². The van der Waals surface area contributed by atoms with Crippen LogP contribution in [0.5, 0.6) is 0 Å². The summed E-state index contributed by atoms with van der Waals surface area (Å²) >= 11 is 1.86. The van der Waals surface area contributed by atoms with Gasteiger partial charge in [-0.25, -0.2) is 0 Å². The molecule has 0 saturated carbocycles. The molecular weight excluding hydrogens is 725 g/mol. The number of fused-ring (bicyclic) bond motifs is 12. The van der Waals surface area contributed by atoms with Crippen molar-refractivity contribution in [2.24, 2.45) is 0 Å². The molecule has 0 amide bonds. The SMILES string of the molecule is c1ccc(-n2c3ccccc3c3c(-c4ccc5c6ccccc6n(-c6cc(-c7cccc8c7oc7ccccc78)c7sc8ccccc8c7c6)c5c4)cccc32)cc1. The van der Waals surface area contributed by atoms with Crippen molar-refractivity contribution < 1.29 is 4.42 Å². The van der Waals surface area contributed by atoms with Crippen LogP contribution in [0, 0.1) is 0 Å². The summed E-state index contributed by atoms with van der Waals surface area (Å²) in [6.45, 7) is 0. The summed E-state index contributed by atoms with van der Waals surface area (Å²) in [5, 5.41) is 9.77. The van der Waals surface area contributed by atoms with Gasteiger partial charge in [-0.05, 0) is 71.8 Å². The van der Waals surface area contributed by atoms with Gasteiger partial charge in [0, 0.05) is 75.0 Å². The molecule has 0 N–H and O–H groups in total. The van der Waals surface area contributed by atoms with Gasteiger partial charge in [-0.15, -0.1) is 11.3 Å². The maximum absolute atomic E-state index is 6.69. The van der Waals surface area contributed by atoms with E-state index in [0.29, 0.717) is 0 Å². The second-order valence-corrected chi connectivity index (χ2v) is 16.3. The van der Waals surface area contributed by atoms with E-state index in [9.17, 15) is 0 Å². The lowest BCUT2D eigenvalue weighted by Crippen LogP contribution is -1.95. The first-order valence-electron chi connectivity index (χ1n) is 19.8. The minimum absolute atomic E-state index is 0.908. The zero-order valence-electron chi connectivity index (χ0n) is 31.2. The Labute approximate surface area is 336 Å². The highest BCUT2D eigenvalue weighted by atomic mass is 32.1. The third-order valence-electron chi connectivity index (χ3n) is 12.1. The highest BCUT2D eigenvalue weighted by Gasteiger charge is 2.22. The monoisotopic (exact) mass is 756 g/mol. The van der Waals surface area contributed by atoms with E-state index in [4.69, 9.17) is 4.42 Å². The average Bonchev–Trinajstić information content (AvgIpc) is 4.04. The minimum atomic E-state index is 0.908. The lowest BCUT2D eigenvalue weighted by atomic mass is 9.98. The molecule has 0 aliphatic heterocycles. The van der Waals surface area contributed by atoms with E-state index >= 15 is 0 Å². The third kappa shape index (κ3) is 4.43. The summed E-state index contributed by atoms with van der Waals surface area (Å²) in [5.74, 6) is 0. The Morgan fingerprint density at radius 3 is 1.88 bits per heavy atom. The standard InChI is InChI=1S/C54H32N2OS/c1-2-14-34(15-3-1)55-47-24-9-5-19-43(47)52-36(20-13-25-48(52)55)33-28-29-38-37-16-4-8-23-46(37)56(49(38)30-33)35-31-44-40-18-7-11-27-51(40)58-54(44)45(32-35)42-22-12-21-41-39-17-6-10-26-50(39)57-53(41)42/h1-32H. The normalized spacial score (nSPS) is 12.1. The van der Waals surface area contributed by atoms with E-state index in [-0.39, 0.29) is 0 Å². The molecule has 0 unspecified atom stereocenters. The molecule has 58 heavy (non-hydrogen) atoms. The quantitative estimate of drug-likeness (QED) is 0.175. The van der Waals surface area contributed by atoms with Crippen molar-refractivity contribution >= 4 is 97.1 Å². The summed E-state index contributed by atoms with van der Waals surface area (Å²) in [4.78, 5) is 0. The van der Waals surface area contributed by atoms with Crippen LogP contribution in [0.3, 0.4) is 0 Å². The Morgan fingerprint density at radius 1 is 0.362 bits per heavy atom. The van der Waals surface area contributed by atoms with Crippen LogP contribution in [-0.4, -0.2) is 9.13 Å². The smallest absolute Gasteiger partial charge is 0.143 e. The molecule has 4 heteroatoms. The number of thiophene rings is 1. The molecule has 13 aromatic rings. The molecular formula is C54H32N2OS. The van der Waals surface area contributed by atoms with E-state index in [1.807, 2.05) is 17.4 Å². The maximum Gasteiger partial charge on any atom is 0.143 e. The van der Waals surface area contributed by atoms with Crippen molar-refractivity contribution in [2.45, 2.75) is 0 Å². The van der Waals surface area contributed by atoms with E-state index < -0.39 is 0 Å². The van der Waals surface area contributed by atoms with Crippen molar-refractivity contribution in [1.82, 2.24) is 9.13 Å². The fourth-order valence-electron chi connectivity index (χ4n) is 9.63. The van der Waals surface area contributed by atoms with Crippen molar-refractivity contribution in [3.8, 4) is 33.6 Å². The average molecular weight is 757 g/mol. The summed E-state index contributed by atoms with van der Waals surface area (Å²) in [6, 6.07) is 70.7. The molecule has 0 spiro atoms. The maximum atomic E-state index is 6.69. The third-order valence-corrected chi connectivity index (χ3v) is 13.3. The zero-order valence-corrected chi connectivity index (χ0v) is 32.0. The van der Waals surface area contributed by atoms with Crippen LogP contribution >= 0.6 is 11.3 Å². The summed E-state index contributed by atoms with van der Waals surface area (Å²) < 4.78 is 14.1. The molecule has 270 valence electrons. The van der Waals surface area contributed by atoms with Crippen molar-refractivity contribution in [3.63, 3.8) is 0 Å². The number of hydrogen-bond acceptors (Lipinski definition) is 2. The van der Waals surface area contributed by atoms with E-state index in [2.05, 4.69) is 197 Å². The lowest BCUT2D eigenvalue weighted by molar-refractivity contribution is 0.670. The molecule has 0 atom stereocenters. The summed E-state index contributed by atoms with van der Waals surface area (Å²) in [5.41, 5.74) is 13.6. The number of benzene rings is 9. The van der Waals surface area contributed by atoms with Crippen LogP contribution in [0.4, 0.5) is 0 Å². The number of rotatable bonds is 4. The van der Waals surface area contributed by atoms with Crippen LogP contribution in [0.15, 0.2) is 199 Å². The largest absolute Gasteiger partial charge is 0.455 e. The van der Waals surface area contributed by atoms with Crippen LogP contribution < -0.4 is 0 Å². The number of nitrogens with zero attached hydrogens (tertiary/aromatic N) is 2. The van der Waals surface area contributed by atoms with Gasteiger partial charge in [-0.3, -0.25) is 0 Å². The molecule has 0 saturated heterocycles. The van der Waals surface area contributed by atoms with Gasteiger partial charge in [0.15, 0.2) is 0 Å². The molecule has 0 aliphatic rings. The Bertz CT molecular complexity index is 3800. The molecule has 4 heterocycles. The van der Waals surface area contributed by atoms with E-state index in [1.165, 1.54) is 80.5 Å². The molecule has 0 radical (unpaired) electrons. The van der Waals surface area contributed by atoms with E-state index in [1.54, 1.807) is 0 Å². The van der Waals surface area contributed by atoms with Crippen LogP contribution in [0.25, 0.3) is 119 Å². The van der Waals surface area contributed by atoms with Crippen LogP contribution in [0.2, 0.25) is 0 Å². The molecule has 13 rings (SSSR count). The molecule has 4 aromatic heterocycles. The molecule has 3 nitrogen and oxygen atoms in total. The second kappa shape index (κ2) is 12.1. The Morgan fingerprint density at radius 2 is 1.00 bits per heavy atom. The van der Waals surface area contributed by atoms with Gasteiger partial charge in [-0.2, -0.15) is 0 Å². The van der Waals surface area contributed by atoms with Gasteiger partial charge in [0.05, 0.1) is 22.1 Å².